The number of amides is 1. The second-order valence-electron chi connectivity index (χ2n) is 6.25. The van der Waals surface area contributed by atoms with Crippen molar-refractivity contribution in [1.29, 1.82) is 0 Å². The van der Waals surface area contributed by atoms with Crippen LogP contribution >= 0.6 is 0 Å². The van der Waals surface area contributed by atoms with Gasteiger partial charge < -0.3 is 10.1 Å². The van der Waals surface area contributed by atoms with E-state index in [1.165, 1.54) is 18.3 Å². The zero-order valence-corrected chi connectivity index (χ0v) is 14.8. The quantitative estimate of drug-likeness (QED) is 0.835. The summed E-state index contributed by atoms with van der Waals surface area (Å²) in [6.45, 7) is 0.163. The monoisotopic (exact) mass is 378 g/mol. The molecule has 1 aromatic carbocycles. The van der Waals surface area contributed by atoms with Crippen LogP contribution in [0, 0.1) is 11.7 Å². The van der Waals surface area contributed by atoms with Gasteiger partial charge in [-0.05, 0) is 30.5 Å². The Bertz CT molecular complexity index is 902. The first-order valence-electron chi connectivity index (χ1n) is 8.26. The third-order valence-electron chi connectivity index (χ3n) is 4.17. The number of nitrogens with zero attached hydrogens (tertiary/aromatic N) is 1. The largest absolute Gasteiger partial charge is 0.436 e. The number of aromatic nitrogens is 1. The highest BCUT2D eigenvalue weighted by molar-refractivity contribution is 7.91. The van der Waals surface area contributed by atoms with Crippen LogP contribution in [0.4, 0.5) is 4.39 Å². The molecular formula is C18H19FN2O4S. The molecular weight excluding hydrogens is 359 g/mol. The molecule has 2 heterocycles. The van der Waals surface area contributed by atoms with E-state index < -0.39 is 15.7 Å². The van der Waals surface area contributed by atoms with Gasteiger partial charge in [0.2, 0.25) is 11.8 Å². The van der Waals surface area contributed by atoms with E-state index in [9.17, 15) is 17.6 Å². The summed E-state index contributed by atoms with van der Waals surface area (Å²) < 4.78 is 42.2. The average Bonchev–Trinajstić information content (AvgIpc) is 2.94. The molecule has 0 spiro atoms. The summed E-state index contributed by atoms with van der Waals surface area (Å²) in [4.78, 5) is 16.2. The number of rotatable bonds is 6. The second-order valence-corrected chi connectivity index (χ2v) is 8.48. The fraction of sp³-hybridized carbons (Fsp3) is 0.333. The lowest BCUT2D eigenvalue weighted by molar-refractivity contribution is -0.122. The number of para-hydroxylation sites is 1. The van der Waals surface area contributed by atoms with Crippen LogP contribution in [-0.4, -0.2) is 30.8 Å². The summed E-state index contributed by atoms with van der Waals surface area (Å²) in [5.74, 6) is -0.397. The van der Waals surface area contributed by atoms with Crippen molar-refractivity contribution in [2.45, 2.75) is 19.4 Å². The van der Waals surface area contributed by atoms with Gasteiger partial charge in [-0.15, -0.1) is 0 Å². The van der Waals surface area contributed by atoms with E-state index in [-0.39, 0.29) is 47.9 Å². The predicted octanol–water partition coefficient (Wildman–Crippen LogP) is 2.45. The number of sulfone groups is 1. The van der Waals surface area contributed by atoms with Crippen molar-refractivity contribution in [3.8, 4) is 11.6 Å². The lowest BCUT2D eigenvalue weighted by Gasteiger charge is -2.12. The average molecular weight is 378 g/mol. The molecule has 26 heavy (non-hydrogen) atoms. The predicted molar refractivity (Wildman–Crippen MR) is 93.9 cm³/mol. The highest BCUT2D eigenvalue weighted by Gasteiger charge is 2.29. The Morgan fingerprint density at radius 3 is 2.81 bits per heavy atom. The molecule has 0 aliphatic carbocycles. The Morgan fingerprint density at radius 1 is 1.27 bits per heavy atom. The van der Waals surface area contributed by atoms with Gasteiger partial charge >= 0.3 is 0 Å². The molecule has 1 amide bonds. The molecule has 1 aliphatic rings. The van der Waals surface area contributed by atoms with Crippen molar-refractivity contribution < 1.29 is 22.3 Å². The highest BCUT2D eigenvalue weighted by Crippen LogP contribution is 2.25. The SMILES string of the molecule is O=C(C[C@H]1CCS(=O)(=O)C1)NCc1cccnc1Oc1ccccc1F. The van der Waals surface area contributed by atoms with Gasteiger partial charge in [-0.1, -0.05) is 18.2 Å². The number of hydrogen-bond acceptors (Lipinski definition) is 5. The molecule has 3 rings (SSSR count). The lowest BCUT2D eigenvalue weighted by atomic mass is 10.1. The third kappa shape index (κ3) is 4.78. The van der Waals surface area contributed by atoms with E-state index in [0.29, 0.717) is 12.0 Å². The molecule has 8 heteroatoms. The minimum atomic E-state index is -3.00. The van der Waals surface area contributed by atoms with Gasteiger partial charge in [0.15, 0.2) is 21.4 Å². The van der Waals surface area contributed by atoms with Crippen molar-refractivity contribution >= 4 is 15.7 Å². The van der Waals surface area contributed by atoms with Gasteiger partial charge in [0.05, 0.1) is 11.5 Å². The molecule has 0 radical (unpaired) electrons. The summed E-state index contributed by atoms with van der Waals surface area (Å²) in [7, 11) is -3.00. The Balaban J connectivity index is 1.60. The van der Waals surface area contributed by atoms with Crippen LogP contribution in [0.25, 0.3) is 0 Å². The van der Waals surface area contributed by atoms with Crippen molar-refractivity contribution in [1.82, 2.24) is 10.3 Å². The van der Waals surface area contributed by atoms with E-state index in [1.807, 2.05) is 0 Å². The Morgan fingerprint density at radius 2 is 2.08 bits per heavy atom. The minimum Gasteiger partial charge on any atom is -0.436 e. The molecule has 1 fully saturated rings. The molecule has 1 aliphatic heterocycles. The minimum absolute atomic E-state index is 0.0509. The molecule has 1 atom stereocenters. The number of pyridine rings is 1. The fourth-order valence-corrected chi connectivity index (χ4v) is 4.71. The van der Waals surface area contributed by atoms with Gasteiger partial charge in [0.1, 0.15) is 0 Å². The number of carbonyl (C=O) groups excluding carboxylic acids is 1. The molecule has 2 aromatic rings. The van der Waals surface area contributed by atoms with Crippen LogP contribution in [0.15, 0.2) is 42.6 Å². The lowest BCUT2D eigenvalue weighted by Crippen LogP contribution is -2.25. The fourth-order valence-electron chi connectivity index (χ4n) is 2.84. The van der Waals surface area contributed by atoms with Crippen LogP contribution in [-0.2, 0) is 21.2 Å². The Labute approximate surface area is 151 Å². The van der Waals surface area contributed by atoms with E-state index >= 15 is 0 Å². The summed E-state index contributed by atoms with van der Waals surface area (Å²) in [5, 5.41) is 2.75. The van der Waals surface area contributed by atoms with Gasteiger partial charge in [0.25, 0.3) is 0 Å². The molecule has 1 saturated heterocycles. The van der Waals surface area contributed by atoms with Gasteiger partial charge in [-0.25, -0.2) is 17.8 Å². The number of carbonyl (C=O) groups is 1. The van der Waals surface area contributed by atoms with Crippen LogP contribution < -0.4 is 10.1 Å². The van der Waals surface area contributed by atoms with E-state index in [2.05, 4.69) is 10.3 Å². The first-order chi connectivity index (χ1) is 12.4. The maximum atomic E-state index is 13.7. The van der Waals surface area contributed by atoms with Crippen molar-refractivity contribution in [3.05, 3.63) is 54.0 Å². The zero-order valence-electron chi connectivity index (χ0n) is 14.0. The third-order valence-corrected chi connectivity index (χ3v) is 6.01. The maximum Gasteiger partial charge on any atom is 0.224 e. The molecule has 0 bridgehead atoms. The van der Waals surface area contributed by atoms with Crippen molar-refractivity contribution in [2.24, 2.45) is 5.92 Å². The molecule has 1 N–H and O–H groups in total. The number of benzene rings is 1. The Hall–Kier alpha value is -2.48. The van der Waals surface area contributed by atoms with Crippen LogP contribution in [0.3, 0.4) is 0 Å². The normalized spacial score (nSPS) is 18.4. The number of halogens is 1. The van der Waals surface area contributed by atoms with Crippen LogP contribution in [0.2, 0.25) is 0 Å². The molecule has 6 nitrogen and oxygen atoms in total. The zero-order chi connectivity index (χ0) is 18.6. The van der Waals surface area contributed by atoms with E-state index in [0.717, 1.165) is 0 Å². The van der Waals surface area contributed by atoms with Gasteiger partial charge in [-0.2, -0.15) is 0 Å². The van der Waals surface area contributed by atoms with Gasteiger partial charge in [-0.3, -0.25) is 4.79 Å². The molecule has 0 unspecified atom stereocenters. The van der Waals surface area contributed by atoms with Crippen molar-refractivity contribution in [3.63, 3.8) is 0 Å². The van der Waals surface area contributed by atoms with Crippen LogP contribution in [0.1, 0.15) is 18.4 Å². The standard InChI is InChI=1S/C18H19FN2O4S/c19-15-5-1-2-6-16(15)25-18-14(4-3-8-20-18)11-21-17(22)10-13-7-9-26(23,24)12-13/h1-6,8,13H,7,9-12H2,(H,21,22)/t13-/m1/s1. The second kappa shape index (κ2) is 7.82. The van der Waals surface area contributed by atoms with Gasteiger partial charge in [0, 0.05) is 24.7 Å². The summed E-state index contributed by atoms with van der Waals surface area (Å²) in [5.41, 5.74) is 0.600. The summed E-state index contributed by atoms with van der Waals surface area (Å²) in [6.07, 6.45) is 2.21. The number of ether oxygens (including phenoxy) is 1. The van der Waals surface area contributed by atoms with E-state index in [1.54, 1.807) is 24.3 Å². The smallest absolute Gasteiger partial charge is 0.224 e. The topological polar surface area (TPSA) is 85.4 Å². The van der Waals surface area contributed by atoms with Crippen molar-refractivity contribution in [2.75, 3.05) is 11.5 Å². The molecule has 0 saturated carbocycles. The van der Waals surface area contributed by atoms with E-state index in [4.69, 9.17) is 4.74 Å². The number of hydrogen-bond donors (Lipinski definition) is 1. The first kappa shape index (κ1) is 18.3. The summed E-state index contributed by atoms with van der Waals surface area (Å²) in [6, 6.07) is 9.41. The highest BCUT2D eigenvalue weighted by atomic mass is 32.2. The molecule has 138 valence electrons. The number of nitrogens with one attached hydrogen (secondary N) is 1. The Kier molecular flexibility index (Phi) is 5.51. The summed E-state index contributed by atoms with van der Waals surface area (Å²) >= 11 is 0. The van der Waals surface area contributed by atoms with Crippen LogP contribution in [0.5, 0.6) is 11.6 Å². The molecule has 1 aromatic heterocycles. The first-order valence-corrected chi connectivity index (χ1v) is 10.1. The maximum absolute atomic E-state index is 13.7.